The Morgan fingerprint density at radius 3 is 2.89 bits per heavy atom. The molecular formula is C8H5ClFN5O2S. The predicted octanol–water partition coefficient (Wildman–Crippen LogP) is 0.202. The number of nitrogens with one attached hydrogen (secondary N) is 1. The molecule has 0 saturated carbocycles. The van der Waals surface area contributed by atoms with Gasteiger partial charge in [0.2, 0.25) is 5.28 Å². The molecule has 2 aromatic heterocycles. The van der Waals surface area contributed by atoms with E-state index in [4.69, 9.17) is 11.6 Å². The molecule has 0 unspecified atom stereocenters. The Hall–Kier alpha value is -1.74. The van der Waals surface area contributed by atoms with E-state index in [1.54, 1.807) is 0 Å². The molecule has 0 saturated heterocycles. The maximum absolute atomic E-state index is 13.4. The van der Waals surface area contributed by atoms with Crippen molar-refractivity contribution in [1.29, 1.82) is 0 Å². The van der Waals surface area contributed by atoms with Crippen molar-refractivity contribution in [2.24, 2.45) is 7.05 Å². The predicted molar refractivity (Wildman–Crippen MR) is 61.2 cm³/mol. The standard InChI is InChI=1S/C8H5ClFN5O2S/c1-15-8(12-4(16)5(17)14-15)18-6-3(10)2-11-7(9)13-6/h2H,1H3,(H,14,17). The van der Waals surface area contributed by atoms with E-state index in [0.29, 0.717) is 0 Å². The molecule has 0 aliphatic rings. The third-order valence-electron chi connectivity index (χ3n) is 1.82. The Kier molecular flexibility index (Phi) is 3.43. The van der Waals surface area contributed by atoms with Crippen molar-refractivity contribution in [2.45, 2.75) is 10.2 Å². The van der Waals surface area contributed by atoms with Gasteiger partial charge in [0.15, 0.2) is 11.0 Å². The van der Waals surface area contributed by atoms with Crippen LogP contribution in [0.1, 0.15) is 0 Å². The third-order valence-corrected chi connectivity index (χ3v) is 3.03. The van der Waals surface area contributed by atoms with E-state index in [-0.39, 0.29) is 15.5 Å². The minimum atomic E-state index is -0.962. The lowest BCUT2D eigenvalue weighted by atomic mass is 10.6. The molecule has 10 heteroatoms. The van der Waals surface area contributed by atoms with Gasteiger partial charge in [0.25, 0.3) is 0 Å². The van der Waals surface area contributed by atoms with Gasteiger partial charge in [-0.05, 0) is 23.4 Å². The van der Waals surface area contributed by atoms with E-state index < -0.39 is 16.9 Å². The number of aromatic nitrogens is 5. The molecule has 7 nitrogen and oxygen atoms in total. The van der Waals surface area contributed by atoms with Gasteiger partial charge in [-0.3, -0.25) is 19.4 Å². The van der Waals surface area contributed by atoms with Crippen LogP contribution in [0.15, 0.2) is 26.0 Å². The third kappa shape index (κ3) is 2.57. The van der Waals surface area contributed by atoms with E-state index >= 15 is 0 Å². The minimum absolute atomic E-state index is 0.0771. The molecule has 1 N–H and O–H groups in total. The lowest BCUT2D eigenvalue weighted by molar-refractivity contribution is 0.571. The number of rotatable bonds is 2. The first-order valence-electron chi connectivity index (χ1n) is 4.50. The van der Waals surface area contributed by atoms with Crippen molar-refractivity contribution < 1.29 is 4.39 Å². The number of hydrogen-bond donors (Lipinski definition) is 1. The average molecular weight is 290 g/mol. The van der Waals surface area contributed by atoms with Gasteiger partial charge < -0.3 is 0 Å². The topological polar surface area (TPSA) is 93.5 Å². The van der Waals surface area contributed by atoms with Gasteiger partial charge in [-0.1, -0.05) is 0 Å². The average Bonchev–Trinajstić information content (AvgIpc) is 2.30. The summed E-state index contributed by atoms with van der Waals surface area (Å²) in [6.07, 6.45) is 0.904. The molecule has 2 rings (SSSR count). The molecule has 0 fully saturated rings. The number of nitrogens with zero attached hydrogens (tertiary/aromatic N) is 4. The largest absolute Gasteiger partial charge is 0.339 e. The van der Waals surface area contributed by atoms with Crippen LogP contribution in [0.3, 0.4) is 0 Å². The summed E-state index contributed by atoms with van der Waals surface area (Å²) in [4.78, 5) is 32.7. The van der Waals surface area contributed by atoms with Gasteiger partial charge >= 0.3 is 11.1 Å². The van der Waals surface area contributed by atoms with Gasteiger partial charge in [-0.2, -0.15) is 4.98 Å². The second kappa shape index (κ2) is 4.86. The van der Waals surface area contributed by atoms with Gasteiger partial charge in [0.05, 0.1) is 6.20 Å². The van der Waals surface area contributed by atoms with Crippen LogP contribution in [-0.4, -0.2) is 24.7 Å². The molecule has 0 amide bonds. The number of halogens is 2. The fraction of sp³-hybridized carbons (Fsp3) is 0.125. The molecular weight excluding hydrogens is 285 g/mol. The highest BCUT2D eigenvalue weighted by molar-refractivity contribution is 7.99. The summed E-state index contributed by atoms with van der Waals surface area (Å²) in [7, 11) is 1.46. The van der Waals surface area contributed by atoms with Crippen LogP contribution in [0.5, 0.6) is 0 Å². The van der Waals surface area contributed by atoms with Crippen LogP contribution in [0.25, 0.3) is 0 Å². The van der Waals surface area contributed by atoms with Gasteiger partial charge in [0, 0.05) is 7.05 Å². The monoisotopic (exact) mass is 289 g/mol. The fourth-order valence-corrected chi connectivity index (χ4v) is 1.99. The summed E-state index contributed by atoms with van der Waals surface area (Å²) in [5.41, 5.74) is -1.82. The molecule has 0 aliphatic carbocycles. The molecule has 2 heterocycles. The number of H-pyrrole nitrogens is 1. The van der Waals surface area contributed by atoms with E-state index in [1.807, 2.05) is 0 Å². The Balaban J connectivity index is 2.46. The van der Waals surface area contributed by atoms with Gasteiger partial charge in [0.1, 0.15) is 5.03 Å². The van der Waals surface area contributed by atoms with Crippen LogP contribution < -0.4 is 11.1 Å². The fourth-order valence-electron chi connectivity index (χ4n) is 1.04. The highest BCUT2D eigenvalue weighted by atomic mass is 35.5. The van der Waals surface area contributed by atoms with Crippen LogP contribution in [0, 0.1) is 5.82 Å². The first kappa shape index (κ1) is 12.7. The molecule has 0 spiro atoms. The maximum atomic E-state index is 13.4. The normalized spacial score (nSPS) is 10.6. The van der Waals surface area contributed by atoms with Crippen LogP contribution in [-0.2, 0) is 7.05 Å². The molecule has 0 aliphatic heterocycles. The van der Waals surface area contributed by atoms with E-state index in [9.17, 15) is 14.0 Å². The van der Waals surface area contributed by atoms with Crippen molar-refractivity contribution in [1.82, 2.24) is 24.7 Å². The quantitative estimate of drug-likeness (QED) is 0.482. The molecule has 18 heavy (non-hydrogen) atoms. The first-order valence-corrected chi connectivity index (χ1v) is 5.70. The van der Waals surface area contributed by atoms with E-state index in [1.165, 1.54) is 11.7 Å². The first-order chi connectivity index (χ1) is 8.47. The Morgan fingerprint density at radius 1 is 1.44 bits per heavy atom. The minimum Gasteiger partial charge on any atom is -0.265 e. The molecule has 2 aromatic rings. The van der Waals surface area contributed by atoms with Crippen LogP contribution in [0.2, 0.25) is 5.28 Å². The molecule has 0 atom stereocenters. The maximum Gasteiger partial charge on any atom is 0.339 e. The highest BCUT2D eigenvalue weighted by Gasteiger charge is 2.12. The number of aryl methyl sites for hydroxylation is 1. The summed E-state index contributed by atoms with van der Waals surface area (Å²) < 4.78 is 14.6. The summed E-state index contributed by atoms with van der Waals surface area (Å²) in [5.74, 6) is -0.704. The van der Waals surface area contributed by atoms with Crippen molar-refractivity contribution in [3.63, 3.8) is 0 Å². The highest BCUT2D eigenvalue weighted by Crippen LogP contribution is 2.25. The number of hydrogen-bond acceptors (Lipinski definition) is 6. The van der Waals surface area contributed by atoms with Crippen molar-refractivity contribution in [2.75, 3.05) is 0 Å². The van der Waals surface area contributed by atoms with E-state index in [2.05, 4.69) is 20.1 Å². The summed E-state index contributed by atoms with van der Waals surface area (Å²) >= 11 is 6.28. The van der Waals surface area contributed by atoms with Gasteiger partial charge in [-0.15, -0.1) is 0 Å². The SMILES string of the molecule is Cn1[nH]c(=O)c(=O)nc1Sc1nc(Cl)ncc1F. The zero-order chi connectivity index (χ0) is 13.3. The molecule has 94 valence electrons. The summed E-state index contributed by atoms with van der Waals surface area (Å²) in [6.45, 7) is 0. The summed E-state index contributed by atoms with van der Waals surface area (Å²) in [5, 5.41) is 2.08. The lowest BCUT2D eigenvalue weighted by Gasteiger charge is -2.05. The van der Waals surface area contributed by atoms with Crippen LogP contribution >= 0.6 is 23.4 Å². The van der Waals surface area contributed by atoms with Crippen LogP contribution in [0.4, 0.5) is 4.39 Å². The zero-order valence-electron chi connectivity index (χ0n) is 8.85. The number of aromatic amines is 1. The van der Waals surface area contributed by atoms with Crippen molar-refractivity contribution in [3.05, 3.63) is 38.0 Å². The summed E-state index contributed by atoms with van der Waals surface area (Å²) in [6, 6.07) is 0. The molecule has 0 bridgehead atoms. The van der Waals surface area contributed by atoms with E-state index in [0.717, 1.165) is 18.0 Å². The second-order valence-electron chi connectivity index (χ2n) is 3.09. The molecule has 0 aromatic carbocycles. The Morgan fingerprint density at radius 2 is 2.17 bits per heavy atom. The smallest absolute Gasteiger partial charge is 0.265 e. The lowest BCUT2D eigenvalue weighted by Crippen LogP contribution is -2.33. The van der Waals surface area contributed by atoms with Crippen molar-refractivity contribution >= 4 is 23.4 Å². The zero-order valence-corrected chi connectivity index (χ0v) is 10.4. The second-order valence-corrected chi connectivity index (χ2v) is 4.39. The van der Waals surface area contributed by atoms with Crippen molar-refractivity contribution in [3.8, 4) is 0 Å². The Labute approximate surface area is 108 Å². The van der Waals surface area contributed by atoms with Gasteiger partial charge in [-0.25, -0.2) is 14.4 Å². The molecule has 0 radical (unpaired) electrons. The Bertz CT molecular complexity index is 715.